The van der Waals surface area contributed by atoms with Crippen molar-refractivity contribution >= 4 is 39.9 Å². The van der Waals surface area contributed by atoms with Crippen LogP contribution in [0.25, 0.3) is 0 Å². The Kier molecular flexibility index (Phi) is 9.45. The zero-order valence-corrected chi connectivity index (χ0v) is 20.3. The number of halogens is 1. The van der Waals surface area contributed by atoms with Crippen molar-refractivity contribution in [2.75, 3.05) is 30.5 Å². The highest BCUT2D eigenvalue weighted by atomic mass is 32.1. The predicted octanol–water partition coefficient (Wildman–Crippen LogP) is 3.85. The number of benzene rings is 2. The van der Waals surface area contributed by atoms with Gasteiger partial charge in [0.15, 0.2) is 5.13 Å². The fourth-order valence-corrected chi connectivity index (χ4v) is 4.00. The molecule has 0 saturated carbocycles. The van der Waals surface area contributed by atoms with E-state index in [2.05, 4.69) is 15.6 Å². The molecular weight excluding hydrogens is 471 g/mol. The van der Waals surface area contributed by atoms with Gasteiger partial charge in [-0.1, -0.05) is 24.3 Å². The van der Waals surface area contributed by atoms with Gasteiger partial charge in [0.1, 0.15) is 11.9 Å². The molecule has 0 unspecified atom stereocenters. The van der Waals surface area contributed by atoms with Crippen LogP contribution in [-0.4, -0.2) is 43.0 Å². The molecule has 184 valence electrons. The van der Waals surface area contributed by atoms with Crippen molar-refractivity contribution in [3.8, 4) is 0 Å². The molecule has 0 aliphatic heterocycles. The minimum atomic E-state index is -1.08. The molecule has 0 bridgehead atoms. The van der Waals surface area contributed by atoms with Crippen LogP contribution in [0.5, 0.6) is 0 Å². The van der Waals surface area contributed by atoms with Gasteiger partial charge >= 0.3 is 0 Å². The minimum absolute atomic E-state index is 0.0951. The number of rotatable bonds is 11. The highest BCUT2D eigenvalue weighted by Gasteiger charge is 2.33. The zero-order chi connectivity index (χ0) is 25.2. The van der Waals surface area contributed by atoms with Crippen molar-refractivity contribution < 1.29 is 23.5 Å². The molecular formula is C25H27FN4O4S. The number of carbonyl (C=O) groups excluding carboxylic acids is 3. The molecule has 8 nitrogen and oxygen atoms in total. The molecule has 0 spiro atoms. The van der Waals surface area contributed by atoms with Crippen LogP contribution in [0.2, 0.25) is 0 Å². The number of amides is 3. The lowest BCUT2D eigenvalue weighted by Crippen LogP contribution is -2.45. The minimum Gasteiger partial charge on any atom is -0.383 e. The smallest absolute Gasteiger partial charge is 0.247 e. The van der Waals surface area contributed by atoms with Gasteiger partial charge in [-0.3, -0.25) is 19.3 Å². The van der Waals surface area contributed by atoms with Crippen LogP contribution in [0, 0.1) is 12.7 Å². The summed E-state index contributed by atoms with van der Waals surface area (Å²) in [5.41, 5.74) is 1.81. The number of carbonyl (C=O) groups is 3. The van der Waals surface area contributed by atoms with E-state index in [0.717, 1.165) is 5.56 Å². The number of aromatic nitrogens is 1. The van der Waals surface area contributed by atoms with Gasteiger partial charge < -0.3 is 15.4 Å². The number of nitrogens with zero attached hydrogens (tertiary/aromatic N) is 2. The molecule has 3 amide bonds. The Morgan fingerprint density at radius 3 is 2.57 bits per heavy atom. The third kappa shape index (κ3) is 7.43. The van der Waals surface area contributed by atoms with Crippen LogP contribution in [0.15, 0.2) is 60.1 Å². The molecule has 3 rings (SSSR count). The summed E-state index contributed by atoms with van der Waals surface area (Å²) < 4.78 is 18.7. The Balaban J connectivity index is 1.91. The summed E-state index contributed by atoms with van der Waals surface area (Å²) in [6.45, 7) is 2.40. The predicted molar refractivity (Wildman–Crippen MR) is 133 cm³/mol. The number of thiazole rings is 1. The first kappa shape index (κ1) is 26.0. The van der Waals surface area contributed by atoms with E-state index >= 15 is 0 Å². The van der Waals surface area contributed by atoms with Crippen molar-refractivity contribution in [2.24, 2.45) is 0 Å². The number of hydrogen-bond donors (Lipinski definition) is 2. The number of hydrogen-bond acceptors (Lipinski definition) is 6. The fraction of sp³-hybridized carbons (Fsp3) is 0.280. The number of ether oxygens (including phenoxy) is 1. The van der Waals surface area contributed by atoms with Crippen LogP contribution < -0.4 is 15.5 Å². The molecule has 0 saturated heterocycles. The molecule has 0 fully saturated rings. The average Bonchev–Trinajstić information content (AvgIpc) is 3.35. The second-order valence-corrected chi connectivity index (χ2v) is 8.62. The normalized spacial score (nSPS) is 11.5. The van der Waals surface area contributed by atoms with Gasteiger partial charge in [0.25, 0.3) is 0 Å². The highest BCUT2D eigenvalue weighted by molar-refractivity contribution is 7.13. The summed E-state index contributed by atoms with van der Waals surface area (Å²) in [6, 6.07) is 11.5. The molecule has 0 aliphatic rings. The quantitative estimate of drug-likeness (QED) is 0.391. The lowest BCUT2D eigenvalue weighted by Gasteiger charge is -2.32. The molecule has 3 aromatic rings. The van der Waals surface area contributed by atoms with Crippen LogP contribution in [0.1, 0.15) is 30.0 Å². The Bertz CT molecular complexity index is 1140. The zero-order valence-electron chi connectivity index (χ0n) is 19.5. The fourth-order valence-electron chi connectivity index (χ4n) is 3.46. The lowest BCUT2D eigenvalue weighted by molar-refractivity contribution is -0.127. The number of nitrogens with one attached hydrogen (secondary N) is 2. The Labute approximate surface area is 207 Å². The van der Waals surface area contributed by atoms with Crippen LogP contribution in [0.4, 0.5) is 15.2 Å². The number of methoxy groups -OCH3 is 1. The largest absolute Gasteiger partial charge is 0.383 e. The first-order valence-electron chi connectivity index (χ1n) is 11.0. The molecule has 0 radical (unpaired) electrons. The SMILES string of the molecule is COCCNC(=O)[C@@H](c1ccc(F)cc1)N(C(=O)CCC(=O)Nc1nccs1)c1cccc(C)c1. The maximum Gasteiger partial charge on any atom is 0.247 e. The average molecular weight is 499 g/mol. The Morgan fingerprint density at radius 1 is 1.14 bits per heavy atom. The van der Waals surface area contributed by atoms with Gasteiger partial charge in [0.2, 0.25) is 17.7 Å². The number of anilines is 2. The molecule has 35 heavy (non-hydrogen) atoms. The molecule has 0 aliphatic carbocycles. The maximum atomic E-state index is 13.7. The summed E-state index contributed by atoms with van der Waals surface area (Å²) in [5.74, 6) is -1.70. The summed E-state index contributed by atoms with van der Waals surface area (Å²) in [5, 5.41) is 7.60. The summed E-state index contributed by atoms with van der Waals surface area (Å²) in [6.07, 6.45) is 1.33. The Hall–Kier alpha value is -3.63. The molecule has 1 heterocycles. The molecule has 1 aromatic heterocycles. The van der Waals surface area contributed by atoms with E-state index in [9.17, 15) is 18.8 Å². The first-order valence-corrected chi connectivity index (χ1v) is 11.9. The van der Waals surface area contributed by atoms with E-state index in [4.69, 9.17) is 4.74 Å². The van der Waals surface area contributed by atoms with Gasteiger partial charge in [0.05, 0.1) is 6.61 Å². The van der Waals surface area contributed by atoms with Crippen molar-refractivity contribution in [3.05, 3.63) is 77.1 Å². The lowest BCUT2D eigenvalue weighted by atomic mass is 10.0. The second-order valence-electron chi connectivity index (χ2n) is 7.73. The van der Waals surface area contributed by atoms with Gasteiger partial charge in [-0.05, 0) is 42.3 Å². The highest BCUT2D eigenvalue weighted by Crippen LogP contribution is 2.30. The first-order chi connectivity index (χ1) is 16.9. The van der Waals surface area contributed by atoms with Crippen LogP contribution >= 0.6 is 11.3 Å². The number of aryl methyl sites for hydroxylation is 1. The monoisotopic (exact) mass is 498 g/mol. The van der Waals surface area contributed by atoms with E-state index < -0.39 is 23.7 Å². The molecule has 1 atom stereocenters. The van der Waals surface area contributed by atoms with Crippen LogP contribution in [0.3, 0.4) is 0 Å². The van der Waals surface area contributed by atoms with Gasteiger partial charge in [-0.15, -0.1) is 11.3 Å². The molecule has 2 aromatic carbocycles. The topological polar surface area (TPSA) is 101 Å². The molecule has 10 heteroatoms. The summed E-state index contributed by atoms with van der Waals surface area (Å²) in [7, 11) is 1.52. The van der Waals surface area contributed by atoms with E-state index in [1.807, 2.05) is 13.0 Å². The molecule has 2 N–H and O–H groups in total. The van der Waals surface area contributed by atoms with Gasteiger partial charge in [-0.2, -0.15) is 0 Å². The summed E-state index contributed by atoms with van der Waals surface area (Å²) in [4.78, 5) is 44.6. The van der Waals surface area contributed by atoms with E-state index in [0.29, 0.717) is 16.4 Å². The summed E-state index contributed by atoms with van der Waals surface area (Å²) >= 11 is 1.27. The van der Waals surface area contributed by atoms with Crippen molar-refractivity contribution in [3.63, 3.8) is 0 Å². The van der Waals surface area contributed by atoms with E-state index in [-0.39, 0.29) is 31.9 Å². The standard InChI is InChI=1S/C25H27FN4O4S/c1-17-4-3-5-20(16-17)30(22(32)11-10-21(31)29-25-28-13-15-35-25)23(24(33)27-12-14-34-2)18-6-8-19(26)9-7-18/h3-9,13,15-16,23H,10-12,14H2,1-2H3,(H,27,33)(H,28,29,31)/t23-/m1/s1. The van der Waals surface area contributed by atoms with Gasteiger partial charge in [-0.25, -0.2) is 9.37 Å². The second kappa shape index (κ2) is 12.7. The van der Waals surface area contributed by atoms with E-state index in [1.165, 1.54) is 47.6 Å². The van der Waals surface area contributed by atoms with Crippen molar-refractivity contribution in [1.82, 2.24) is 10.3 Å². The maximum absolute atomic E-state index is 13.7. The van der Waals surface area contributed by atoms with Crippen molar-refractivity contribution in [2.45, 2.75) is 25.8 Å². The van der Waals surface area contributed by atoms with Gasteiger partial charge in [0, 0.05) is 43.8 Å². The van der Waals surface area contributed by atoms with Crippen molar-refractivity contribution in [1.29, 1.82) is 0 Å². The Morgan fingerprint density at radius 2 is 1.91 bits per heavy atom. The third-order valence-corrected chi connectivity index (χ3v) is 5.78. The van der Waals surface area contributed by atoms with E-state index in [1.54, 1.807) is 29.8 Å². The van der Waals surface area contributed by atoms with Crippen LogP contribution in [-0.2, 0) is 19.1 Å². The third-order valence-electron chi connectivity index (χ3n) is 5.09.